The first kappa shape index (κ1) is 31.6. The molecule has 236 valence electrons. The zero-order valence-electron chi connectivity index (χ0n) is 23.3. The van der Waals surface area contributed by atoms with Gasteiger partial charge in [0.1, 0.15) is 53.7 Å². The molecule has 0 unspecified atom stereocenters. The second-order valence-electron chi connectivity index (χ2n) is 10.4. The van der Waals surface area contributed by atoms with Gasteiger partial charge in [-0.15, -0.1) is 0 Å². The summed E-state index contributed by atoms with van der Waals surface area (Å²) in [6, 6.07) is 13.3. The van der Waals surface area contributed by atoms with Crippen LogP contribution in [0.3, 0.4) is 0 Å². The molecule has 0 bridgehead atoms. The van der Waals surface area contributed by atoms with E-state index in [-0.39, 0.29) is 17.1 Å². The second kappa shape index (κ2) is 13.4. The van der Waals surface area contributed by atoms with Crippen molar-refractivity contribution in [2.45, 2.75) is 68.3 Å². The number of aromatic hydroxyl groups is 1. The highest BCUT2D eigenvalue weighted by molar-refractivity contribution is 5.87. The fraction of sp³-hybridized carbons (Fsp3) is 0.400. The van der Waals surface area contributed by atoms with Crippen molar-refractivity contribution in [3.63, 3.8) is 0 Å². The lowest BCUT2D eigenvalue weighted by atomic mass is 9.98. The number of fused-ring (bicyclic) bond motifs is 1. The van der Waals surface area contributed by atoms with Crippen molar-refractivity contribution in [1.82, 2.24) is 0 Å². The molecule has 14 heteroatoms. The number of phenols is 1. The minimum atomic E-state index is -1.75. The maximum Gasteiger partial charge on any atom is 0.336 e. The maximum absolute atomic E-state index is 12.7. The fourth-order valence-corrected chi connectivity index (χ4v) is 4.78. The third kappa shape index (κ3) is 7.09. The van der Waals surface area contributed by atoms with Crippen LogP contribution >= 0.6 is 0 Å². The molecule has 0 aliphatic carbocycles. The molecule has 10 atom stereocenters. The SMILES string of the molecule is C[C@@H]1O[C@@H](OC[C@H]2O[C@@H](Oc3ccc4ccc(=O)oc4c3)[C@H](OC(=O)C=Cc3ccc(O)cc3)[C@@H](O)[C@@H]2O)[C@H](O)[C@H](O)[C@H]1O. The topological polar surface area (TPSA) is 215 Å². The van der Waals surface area contributed by atoms with Gasteiger partial charge >= 0.3 is 11.6 Å². The number of carbonyl (C=O) groups excluding carboxylic acids is 1. The van der Waals surface area contributed by atoms with Crippen LogP contribution < -0.4 is 10.4 Å². The highest BCUT2D eigenvalue weighted by Crippen LogP contribution is 2.30. The monoisotopic (exact) mass is 616 g/mol. The molecule has 0 radical (unpaired) electrons. The Morgan fingerprint density at radius 3 is 2.34 bits per heavy atom. The van der Waals surface area contributed by atoms with Gasteiger partial charge in [-0.05, 0) is 48.9 Å². The van der Waals surface area contributed by atoms with Crippen molar-refractivity contribution in [2.24, 2.45) is 0 Å². The van der Waals surface area contributed by atoms with Crippen molar-refractivity contribution in [1.29, 1.82) is 0 Å². The Hall–Kier alpha value is -3.86. The number of benzene rings is 2. The van der Waals surface area contributed by atoms with Crippen molar-refractivity contribution < 1.29 is 63.5 Å². The third-order valence-corrected chi connectivity index (χ3v) is 7.28. The van der Waals surface area contributed by atoms with Crippen LogP contribution in [0.15, 0.2) is 69.9 Å². The van der Waals surface area contributed by atoms with E-state index in [4.69, 9.17) is 28.1 Å². The summed E-state index contributed by atoms with van der Waals surface area (Å²) in [7, 11) is 0. The van der Waals surface area contributed by atoms with Crippen LogP contribution in [0.25, 0.3) is 17.0 Å². The number of ether oxygens (including phenoxy) is 5. The predicted molar refractivity (Wildman–Crippen MR) is 149 cm³/mol. The Labute approximate surface area is 249 Å². The van der Waals surface area contributed by atoms with Crippen LogP contribution in [0.4, 0.5) is 0 Å². The summed E-state index contributed by atoms with van der Waals surface area (Å²) in [4.78, 5) is 24.4. The number of phenolic OH excluding ortho intramolecular Hbond substituents is 1. The van der Waals surface area contributed by atoms with Crippen LogP contribution in [-0.4, -0.2) is 105 Å². The number of esters is 1. The normalized spacial score (nSPS) is 32.5. The largest absolute Gasteiger partial charge is 0.508 e. The maximum atomic E-state index is 12.7. The molecule has 3 heterocycles. The molecule has 1 aromatic heterocycles. The Morgan fingerprint density at radius 2 is 1.59 bits per heavy atom. The van der Waals surface area contributed by atoms with Gasteiger partial charge in [0.25, 0.3) is 0 Å². The van der Waals surface area contributed by atoms with Gasteiger partial charge in [-0.1, -0.05) is 12.1 Å². The molecule has 2 aromatic carbocycles. The minimum absolute atomic E-state index is 0.0421. The quantitative estimate of drug-likeness (QED) is 0.110. The predicted octanol–water partition coefficient (Wildman–Crippen LogP) is -0.207. The Bertz CT molecular complexity index is 1520. The first-order valence-electron chi connectivity index (χ1n) is 13.7. The van der Waals surface area contributed by atoms with E-state index in [2.05, 4.69) is 0 Å². The van der Waals surface area contributed by atoms with E-state index in [1.165, 1.54) is 43.3 Å². The second-order valence-corrected chi connectivity index (χ2v) is 10.4. The molecule has 2 saturated heterocycles. The van der Waals surface area contributed by atoms with Gasteiger partial charge in [0.2, 0.25) is 6.29 Å². The lowest BCUT2D eigenvalue weighted by Gasteiger charge is -2.43. The fourth-order valence-electron chi connectivity index (χ4n) is 4.78. The summed E-state index contributed by atoms with van der Waals surface area (Å²) in [5.74, 6) is -0.760. The number of hydrogen-bond acceptors (Lipinski definition) is 14. The van der Waals surface area contributed by atoms with Crippen molar-refractivity contribution >= 4 is 23.0 Å². The molecule has 14 nitrogen and oxygen atoms in total. The number of carbonyl (C=O) groups is 1. The molecule has 0 spiro atoms. The first-order valence-corrected chi connectivity index (χ1v) is 13.7. The summed E-state index contributed by atoms with van der Waals surface area (Å²) in [6.45, 7) is 0.986. The zero-order chi connectivity index (χ0) is 31.5. The van der Waals surface area contributed by atoms with Crippen LogP contribution in [0.2, 0.25) is 0 Å². The standard InChI is InChI=1S/C30H32O14/c1-14-23(34)25(36)27(38)29(40-14)39-13-20-24(35)26(37)28(44-22(33)10-4-15-2-7-17(31)8-3-15)30(43-20)41-18-9-5-16-6-11-21(32)42-19(16)12-18/h2-12,14,20,23-31,34-38H,13H2,1H3/t14-,20+,23-,24+,25+,26-,27+,28+,29+,30+/m0/s1. The zero-order valence-corrected chi connectivity index (χ0v) is 23.3. The molecule has 5 rings (SSSR count). The van der Waals surface area contributed by atoms with E-state index in [9.17, 15) is 40.2 Å². The van der Waals surface area contributed by atoms with E-state index in [0.717, 1.165) is 6.08 Å². The number of aliphatic hydroxyl groups is 5. The third-order valence-electron chi connectivity index (χ3n) is 7.28. The smallest absolute Gasteiger partial charge is 0.336 e. The van der Waals surface area contributed by atoms with Gasteiger partial charge in [0.05, 0.1) is 12.7 Å². The molecular formula is C30H32O14. The molecular weight excluding hydrogens is 584 g/mol. The number of aliphatic hydroxyl groups excluding tert-OH is 5. The van der Waals surface area contributed by atoms with Gasteiger partial charge in [0.15, 0.2) is 12.4 Å². The summed E-state index contributed by atoms with van der Waals surface area (Å²) < 4.78 is 33.4. The highest BCUT2D eigenvalue weighted by Gasteiger charge is 2.49. The van der Waals surface area contributed by atoms with Gasteiger partial charge in [-0.2, -0.15) is 0 Å². The molecule has 0 amide bonds. The van der Waals surface area contributed by atoms with E-state index < -0.39 is 79.6 Å². The highest BCUT2D eigenvalue weighted by atomic mass is 16.7. The summed E-state index contributed by atoms with van der Waals surface area (Å²) >= 11 is 0. The first-order chi connectivity index (χ1) is 21.0. The summed E-state index contributed by atoms with van der Waals surface area (Å²) in [6.07, 6.45) is -12.2. The molecule has 6 N–H and O–H groups in total. The van der Waals surface area contributed by atoms with E-state index in [0.29, 0.717) is 10.9 Å². The van der Waals surface area contributed by atoms with Crippen LogP contribution in [0.5, 0.6) is 11.5 Å². The lowest BCUT2D eigenvalue weighted by Crippen LogP contribution is -2.62. The lowest BCUT2D eigenvalue weighted by molar-refractivity contribution is -0.319. The van der Waals surface area contributed by atoms with Gasteiger partial charge < -0.3 is 58.7 Å². The molecule has 2 aliphatic rings. The number of rotatable bonds is 8. The summed E-state index contributed by atoms with van der Waals surface area (Å²) in [5.41, 5.74) is 0.169. The summed E-state index contributed by atoms with van der Waals surface area (Å²) in [5, 5.41) is 62.2. The number of hydrogen-bond donors (Lipinski definition) is 6. The van der Waals surface area contributed by atoms with Gasteiger partial charge in [-0.3, -0.25) is 0 Å². The van der Waals surface area contributed by atoms with E-state index in [1.807, 2.05) is 0 Å². The molecule has 44 heavy (non-hydrogen) atoms. The molecule has 3 aromatic rings. The average molecular weight is 617 g/mol. The van der Waals surface area contributed by atoms with E-state index in [1.54, 1.807) is 24.3 Å². The van der Waals surface area contributed by atoms with Crippen LogP contribution in [-0.2, 0) is 23.7 Å². The van der Waals surface area contributed by atoms with Crippen LogP contribution in [0, 0.1) is 0 Å². The molecule has 2 aliphatic heterocycles. The van der Waals surface area contributed by atoms with Gasteiger partial charge in [-0.25, -0.2) is 9.59 Å². The van der Waals surface area contributed by atoms with Crippen molar-refractivity contribution in [2.75, 3.05) is 6.61 Å². The minimum Gasteiger partial charge on any atom is -0.508 e. The Kier molecular flexibility index (Phi) is 9.62. The van der Waals surface area contributed by atoms with Gasteiger partial charge in [0, 0.05) is 23.6 Å². The molecule has 0 saturated carbocycles. The Balaban J connectivity index is 1.34. The van der Waals surface area contributed by atoms with Crippen molar-refractivity contribution in [3.8, 4) is 11.5 Å². The average Bonchev–Trinajstić information content (AvgIpc) is 3.00. The Morgan fingerprint density at radius 1 is 0.864 bits per heavy atom. The van der Waals surface area contributed by atoms with Crippen molar-refractivity contribution in [3.05, 3.63) is 76.7 Å². The van der Waals surface area contributed by atoms with E-state index >= 15 is 0 Å². The van der Waals surface area contributed by atoms with Crippen LogP contribution in [0.1, 0.15) is 12.5 Å². The molecule has 2 fully saturated rings.